The molecule has 0 amide bonds. The van der Waals surface area contributed by atoms with Gasteiger partial charge in [-0.25, -0.2) is 14.4 Å². The topological polar surface area (TPSA) is 249 Å². The van der Waals surface area contributed by atoms with E-state index in [-0.39, 0.29) is 60.3 Å². The number of Topliss-reactive ketones (excluding diaryl/α,β-unsaturated/α-hetero) is 2. The van der Waals surface area contributed by atoms with Gasteiger partial charge in [-0.05, 0) is 99.9 Å². The maximum Gasteiger partial charge on any atom is 0.333 e. The molecule has 0 radical (unpaired) electrons. The van der Waals surface area contributed by atoms with E-state index < -0.39 is 82.9 Å². The van der Waals surface area contributed by atoms with Crippen molar-refractivity contribution in [1.82, 2.24) is 0 Å². The zero-order valence-electron chi connectivity index (χ0n) is 43.7. The number of esters is 7. The first kappa shape index (κ1) is 56.7. The lowest BCUT2D eigenvalue weighted by atomic mass is 9.82. The minimum Gasteiger partial charge on any atom is -0.490 e. The molecule has 4 aliphatic rings. The Kier molecular flexibility index (Phi) is 18.1. The number of rotatable bonds is 21. The van der Waals surface area contributed by atoms with Gasteiger partial charge in [0.15, 0.2) is 29.2 Å². The highest BCUT2D eigenvalue weighted by Gasteiger charge is 2.48. The van der Waals surface area contributed by atoms with Gasteiger partial charge in [-0.3, -0.25) is 28.8 Å². The third-order valence-corrected chi connectivity index (χ3v) is 15.5. The van der Waals surface area contributed by atoms with Crippen molar-refractivity contribution < 1.29 is 85.8 Å². The van der Waals surface area contributed by atoms with Crippen molar-refractivity contribution in [3.63, 3.8) is 0 Å². The Labute approximate surface area is 468 Å². The molecule has 2 saturated carbocycles. The molecule has 9 rings (SSSR count). The van der Waals surface area contributed by atoms with Gasteiger partial charge >= 0.3 is 41.8 Å². The van der Waals surface area contributed by atoms with Crippen LogP contribution in [0.4, 0.5) is 5.69 Å². The van der Waals surface area contributed by atoms with Crippen LogP contribution in [-0.2, 0) is 47.8 Å². The molecule has 5 aromatic carbocycles. The second-order valence-corrected chi connectivity index (χ2v) is 20.6. The molecule has 418 valence electrons. The number of ether oxygens (including phenoxy) is 9. The van der Waals surface area contributed by atoms with E-state index in [9.17, 15) is 43.2 Å². The molecule has 0 aromatic heterocycles. The largest absolute Gasteiger partial charge is 0.490 e. The van der Waals surface area contributed by atoms with Gasteiger partial charge in [-0.1, -0.05) is 80.0 Å². The molecule has 1 heterocycles. The summed E-state index contributed by atoms with van der Waals surface area (Å²) in [5.74, 6) is -6.64. The van der Waals surface area contributed by atoms with E-state index >= 15 is 0 Å². The maximum atomic E-state index is 14.3. The molecule has 20 heteroatoms. The molecule has 5 aromatic rings. The van der Waals surface area contributed by atoms with Crippen LogP contribution >= 0.6 is 11.8 Å². The number of thioether (sulfide) groups is 1. The molecule has 0 bridgehead atoms. The van der Waals surface area contributed by atoms with Gasteiger partial charge in [0.05, 0.1) is 39.6 Å². The normalized spacial score (nSPS) is 19.5. The van der Waals surface area contributed by atoms with Gasteiger partial charge in [0, 0.05) is 40.1 Å². The Morgan fingerprint density at radius 1 is 0.506 bits per heavy atom. The zero-order valence-corrected chi connectivity index (χ0v) is 44.5. The molecule has 2 atom stereocenters. The van der Waals surface area contributed by atoms with Crippen LogP contribution < -0.4 is 33.7 Å². The van der Waals surface area contributed by atoms with Crippen LogP contribution in [0.5, 0.6) is 34.5 Å². The molecule has 1 aliphatic heterocycles. The van der Waals surface area contributed by atoms with Gasteiger partial charge in [0.1, 0.15) is 42.1 Å². The third-order valence-electron chi connectivity index (χ3n) is 14.3. The fourth-order valence-electron chi connectivity index (χ4n) is 9.97. The first-order chi connectivity index (χ1) is 39.2. The lowest BCUT2D eigenvalue weighted by molar-refractivity contribution is -0.154. The van der Waals surface area contributed by atoms with Gasteiger partial charge in [0.25, 0.3) is 0 Å². The molecule has 2 fully saturated rings. The Hall–Kier alpha value is -9.04. The average Bonchev–Trinajstić information content (AvgIpc) is 3.58. The molecule has 3 aliphatic carbocycles. The Morgan fingerprint density at radius 3 is 1.42 bits per heavy atom. The van der Waals surface area contributed by atoms with E-state index in [1.165, 1.54) is 12.1 Å². The fraction of sp³-hybridized carbons (Fsp3) is 0.295. The number of carbonyl (C=O) groups excluding carboxylic acids is 9. The summed E-state index contributed by atoms with van der Waals surface area (Å²) < 4.78 is 50.1. The molecule has 81 heavy (non-hydrogen) atoms. The van der Waals surface area contributed by atoms with Crippen molar-refractivity contribution in [2.24, 2.45) is 29.6 Å². The standard InChI is InChI=1S/C61H55NO18S/c1-4-47(63)73-32-42(76-49(65)6-3)31-72-38-23-27-40(28-24-38)77-58(68)34-15-19-36(20-16-34)60(70)79-54-45-13-9-10-14-46(45)55(56-51(54)62-57(81-56)50-52(66)43-11-7-8-12-44(43)53(50)67)80-61(71)37-21-17-35(18-22-37)59(69)78-41-29-25-39(26-30-41)74-33-75-48(64)5-2/h4-14,23-30,34-37,42,50,57,62H,1-3,15-22,31-33H2. The van der Waals surface area contributed by atoms with Crippen LogP contribution in [0.2, 0.25) is 0 Å². The van der Waals surface area contributed by atoms with E-state index in [1.54, 1.807) is 84.9 Å². The van der Waals surface area contributed by atoms with E-state index in [2.05, 4.69) is 25.1 Å². The average molecular weight is 1120 g/mol. The quantitative estimate of drug-likeness (QED) is 0.0179. The summed E-state index contributed by atoms with van der Waals surface area (Å²) >= 11 is 1.14. The Balaban J connectivity index is 0.848. The highest BCUT2D eigenvalue weighted by Crippen LogP contribution is 2.57. The summed E-state index contributed by atoms with van der Waals surface area (Å²) in [5.41, 5.74) is 0.873. The third kappa shape index (κ3) is 13.4. The monoisotopic (exact) mass is 1120 g/mol. The van der Waals surface area contributed by atoms with Gasteiger partial charge in [-0.2, -0.15) is 0 Å². The maximum absolute atomic E-state index is 14.3. The first-order valence-electron chi connectivity index (χ1n) is 26.1. The van der Waals surface area contributed by atoms with E-state index in [0.29, 0.717) is 89.7 Å². The number of carbonyl (C=O) groups is 9. The smallest absolute Gasteiger partial charge is 0.333 e. The summed E-state index contributed by atoms with van der Waals surface area (Å²) in [6, 6.07) is 25.9. The van der Waals surface area contributed by atoms with Crippen LogP contribution in [-0.4, -0.2) is 84.8 Å². The SMILES string of the molecule is C=CC(=O)OCOc1ccc(OC(=O)C2CCC(C(=O)Oc3c4c(c(OC(=O)C5CCC(C(=O)Oc6ccc(OCC(COC(=O)C=C)OC(=O)C=C)cc6)CC5)c5ccccc35)NC(C3C(=O)c5ccccc5C3=O)S4)CC2)cc1. The van der Waals surface area contributed by atoms with Crippen molar-refractivity contribution >= 4 is 81.6 Å². The van der Waals surface area contributed by atoms with Crippen molar-refractivity contribution in [2.75, 3.05) is 25.3 Å². The van der Waals surface area contributed by atoms with E-state index in [1.807, 2.05) is 0 Å². The molecule has 2 unspecified atom stereocenters. The molecular formula is C61H55NO18S. The molecule has 1 N–H and O–H groups in total. The van der Waals surface area contributed by atoms with Crippen molar-refractivity contribution in [2.45, 2.75) is 67.7 Å². The predicted molar refractivity (Wildman–Crippen MR) is 291 cm³/mol. The Morgan fingerprint density at radius 2 is 0.926 bits per heavy atom. The first-order valence-corrected chi connectivity index (χ1v) is 27.0. The molecule has 19 nitrogen and oxygen atoms in total. The summed E-state index contributed by atoms with van der Waals surface area (Å²) in [6.45, 7) is 9.27. The van der Waals surface area contributed by atoms with Crippen molar-refractivity contribution in [1.29, 1.82) is 0 Å². The minimum atomic E-state index is -1.15. The van der Waals surface area contributed by atoms with Crippen LogP contribution in [0.3, 0.4) is 0 Å². The molecular weight excluding hydrogens is 1070 g/mol. The Bertz CT molecular complexity index is 3270. The summed E-state index contributed by atoms with van der Waals surface area (Å²) in [7, 11) is 0. The summed E-state index contributed by atoms with van der Waals surface area (Å²) in [6.07, 6.45) is 4.61. The highest BCUT2D eigenvalue weighted by molar-refractivity contribution is 8.00. The second kappa shape index (κ2) is 25.8. The van der Waals surface area contributed by atoms with Crippen LogP contribution in [0, 0.1) is 29.6 Å². The fourth-order valence-corrected chi connectivity index (χ4v) is 11.3. The van der Waals surface area contributed by atoms with E-state index in [0.717, 1.165) is 30.0 Å². The number of anilines is 1. The van der Waals surface area contributed by atoms with Gasteiger partial charge < -0.3 is 47.9 Å². The summed E-state index contributed by atoms with van der Waals surface area (Å²) in [4.78, 5) is 118. The number of hydrogen-bond donors (Lipinski definition) is 1. The van der Waals surface area contributed by atoms with Crippen LogP contribution in [0.1, 0.15) is 72.1 Å². The molecule has 0 spiro atoms. The molecule has 0 saturated heterocycles. The zero-order chi connectivity index (χ0) is 57.2. The minimum absolute atomic E-state index is 0.129. The number of benzene rings is 5. The number of nitrogens with one attached hydrogen (secondary N) is 1. The van der Waals surface area contributed by atoms with Crippen LogP contribution in [0.25, 0.3) is 10.8 Å². The van der Waals surface area contributed by atoms with Crippen LogP contribution in [0.15, 0.2) is 140 Å². The van der Waals surface area contributed by atoms with Crippen molar-refractivity contribution in [3.05, 3.63) is 146 Å². The number of hydrogen-bond acceptors (Lipinski definition) is 20. The highest BCUT2D eigenvalue weighted by atomic mass is 32.2. The van der Waals surface area contributed by atoms with Gasteiger partial charge in [-0.15, -0.1) is 0 Å². The second-order valence-electron chi connectivity index (χ2n) is 19.4. The lowest BCUT2D eigenvalue weighted by Gasteiger charge is -2.27. The number of fused-ring (bicyclic) bond motifs is 3. The lowest BCUT2D eigenvalue weighted by Crippen LogP contribution is -2.32. The number of ketones is 2. The van der Waals surface area contributed by atoms with Crippen molar-refractivity contribution in [3.8, 4) is 34.5 Å². The summed E-state index contributed by atoms with van der Waals surface area (Å²) in [5, 5.41) is 3.33. The van der Waals surface area contributed by atoms with Gasteiger partial charge in [0.2, 0.25) is 6.79 Å². The predicted octanol–water partition coefficient (Wildman–Crippen LogP) is 9.29. The van der Waals surface area contributed by atoms with E-state index in [4.69, 9.17) is 42.6 Å².